The molecule has 0 saturated carbocycles. The molecule has 2 heteroatoms. The highest BCUT2D eigenvalue weighted by Crippen LogP contribution is 2.00. The summed E-state index contributed by atoms with van der Waals surface area (Å²) in [5.74, 6) is 0. The van der Waals surface area contributed by atoms with Crippen molar-refractivity contribution in [1.82, 2.24) is 4.90 Å². The van der Waals surface area contributed by atoms with Crippen molar-refractivity contribution in [3.8, 4) is 0 Å². The predicted molar refractivity (Wildman–Crippen MR) is 67.3 cm³/mol. The van der Waals surface area contributed by atoms with Crippen LogP contribution in [0.1, 0.15) is 53.4 Å². The molecule has 0 spiro atoms. The molecule has 0 aliphatic carbocycles. The molecule has 0 amide bonds. The van der Waals surface area contributed by atoms with Crippen LogP contribution in [0, 0.1) is 0 Å². The van der Waals surface area contributed by atoms with E-state index in [1.807, 2.05) is 0 Å². The molecule has 92 valence electrons. The van der Waals surface area contributed by atoms with Crippen molar-refractivity contribution in [1.29, 1.82) is 0 Å². The van der Waals surface area contributed by atoms with E-state index < -0.39 is 0 Å². The molecule has 0 rings (SSSR count). The Kier molecular flexibility index (Phi) is 10.4. The maximum Gasteiger partial charge on any atom is 0.0478 e. The number of rotatable bonds is 10. The number of nitrogens with zero attached hydrogens (tertiary/aromatic N) is 1. The Bertz CT molecular complexity index is 126. The van der Waals surface area contributed by atoms with Gasteiger partial charge in [0.2, 0.25) is 0 Å². The minimum Gasteiger partial charge on any atom is -0.381 e. The van der Waals surface area contributed by atoms with Crippen LogP contribution in [0.2, 0.25) is 0 Å². The number of unbranched alkanes of at least 4 members (excludes halogenated alkanes) is 2. The Balaban J connectivity index is 3.22. The van der Waals surface area contributed by atoms with Crippen molar-refractivity contribution in [3.63, 3.8) is 0 Å². The quantitative estimate of drug-likeness (QED) is 0.518. The third-order valence-corrected chi connectivity index (χ3v) is 2.76. The van der Waals surface area contributed by atoms with Gasteiger partial charge in [0, 0.05) is 25.8 Å². The highest BCUT2D eigenvalue weighted by atomic mass is 16.5. The number of hydrogen-bond acceptors (Lipinski definition) is 2. The van der Waals surface area contributed by atoms with Crippen molar-refractivity contribution in [2.75, 3.05) is 26.3 Å². The second-order valence-corrected chi connectivity index (χ2v) is 4.40. The van der Waals surface area contributed by atoms with Crippen LogP contribution in [0.4, 0.5) is 0 Å². The summed E-state index contributed by atoms with van der Waals surface area (Å²) in [5, 5.41) is 0. The Morgan fingerprint density at radius 3 is 2.20 bits per heavy atom. The zero-order chi connectivity index (χ0) is 11.5. The van der Waals surface area contributed by atoms with Gasteiger partial charge < -0.3 is 9.64 Å². The molecular weight excluding hydrogens is 186 g/mol. The first kappa shape index (κ1) is 14.9. The van der Waals surface area contributed by atoms with E-state index in [0.29, 0.717) is 6.04 Å². The van der Waals surface area contributed by atoms with Crippen LogP contribution < -0.4 is 0 Å². The fourth-order valence-corrected chi connectivity index (χ4v) is 1.71. The van der Waals surface area contributed by atoms with Crippen LogP contribution >= 0.6 is 0 Å². The van der Waals surface area contributed by atoms with Crippen LogP contribution in [0.3, 0.4) is 0 Å². The molecule has 0 heterocycles. The molecule has 0 radical (unpaired) electrons. The van der Waals surface area contributed by atoms with Gasteiger partial charge in [-0.2, -0.15) is 0 Å². The van der Waals surface area contributed by atoms with Crippen molar-refractivity contribution < 1.29 is 4.74 Å². The van der Waals surface area contributed by atoms with Crippen molar-refractivity contribution in [2.45, 2.75) is 59.4 Å². The highest BCUT2D eigenvalue weighted by Gasteiger charge is 2.05. The molecular formula is C13H29NO. The summed E-state index contributed by atoms with van der Waals surface area (Å²) in [6.07, 6.45) is 4.96. The van der Waals surface area contributed by atoms with Crippen LogP contribution in [0.25, 0.3) is 0 Å². The maximum atomic E-state index is 5.58. The molecule has 0 aromatic heterocycles. The van der Waals surface area contributed by atoms with Gasteiger partial charge in [-0.25, -0.2) is 0 Å². The minimum absolute atomic E-state index is 0.662. The molecule has 0 saturated heterocycles. The first-order valence-electron chi connectivity index (χ1n) is 6.54. The van der Waals surface area contributed by atoms with Crippen LogP contribution in [-0.2, 0) is 4.74 Å². The number of hydrogen-bond donors (Lipinski definition) is 0. The fourth-order valence-electron chi connectivity index (χ4n) is 1.71. The summed E-state index contributed by atoms with van der Waals surface area (Å²) in [7, 11) is 0. The van der Waals surface area contributed by atoms with Crippen molar-refractivity contribution in [2.24, 2.45) is 0 Å². The second kappa shape index (κ2) is 10.4. The maximum absolute atomic E-state index is 5.58. The van der Waals surface area contributed by atoms with E-state index >= 15 is 0 Å². The first-order valence-corrected chi connectivity index (χ1v) is 6.54. The van der Waals surface area contributed by atoms with Gasteiger partial charge in [-0.1, -0.05) is 26.7 Å². The molecule has 0 aromatic carbocycles. The standard InChI is InChI=1S/C13H29NO/c1-5-7-8-11-15-12-9-10-14(6-2)13(3)4/h13H,5-12H2,1-4H3. The average molecular weight is 215 g/mol. The smallest absolute Gasteiger partial charge is 0.0478 e. The predicted octanol–water partition coefficient (Wildman–Crippen LogP) is 3.31. The van der Waals surface area contributed by atoms with E-state index in [4.69, 9.17) is 4.74 Å². The van der Waals surface area contributed by atoms with Gasteiger partial charge in [-0.15, -0.1) is 0 Å². The van der Waals surface area contributed by atoms with Gasteiger partial charge >= 0.3 is 0 Å². The lowest BCUT2D eigenvalue weighted by Crippen LogP contribution is -2.32. The normalized spacial score (nSPS) is 11.6. The average Bonchev–Trinajstić information content (AvgIpc) is 2.21. The first-order chi connectivity index (χ1) is 7.22. The molecule has 0 fully saturated rings. The van der Waals surface area contributed by atoms with Crippen LogP contribution in [-0.4, -0.2) is 37.2 Å². The summed E-state index contributed by atoms with van der Waals surface area (Å²) in [6, 6.07) is 0.662. The number of ether oxygens (including phenoxy) is 1. The van der Waals surface area contributed by atoms with E-state index in [1.54, 1.807) is 0 Å². The zero-order valence-electron chi connectivity index (χ0n) is 11.1. The second-order valence-electron chi connectivity index (χ2n) is 4.40. The van der Waals surface area contributed by atoms with Crippen molar-refractivity contribution in [3.05, 3.63) is 0 Å². The van der Waals surface area contributed by atoms with E-state index in [9.17, 15) is 0 Å². The van der Waals surface area contributed by atoms with E-state index in [2.05, 4.69) is 32.6 Å². The molecule has 0 aromatic rings. The third kappa shape index (κ3) is 8.88. The van der Waals surface area contributed by atoms with Gasteiger partial charge in [-0.05, 0) is 33.2 Å². The lowest BCUT2D eigenvalue weighted by atomic mass is 10.3. The van der Waals surface area contributed by atoms with Gasteiger partial charge in [0.05, 0.1) is 0 Å². The Morgan fingerprint density at radius 2 is 1.67 bits per heavy atom. The lowest BCUT2D eigenvalue weighted by molar-refractivity contribution is 0.113. The molecule has 0 atom stereocenters. The molecule has 0 aliphatic heterocycles. The van der Waals surface area contributed by atoms with Crippen molar-refractivity contribution >= 4 is 0 Å². The third-order valence-electron chi connectivity index (χ3n) is 2.76. The summed E-state index contributed by atoms with van der Waals surface area (Å²) in [6.45, 7) is 13.1. The van der Waals surface area contributed by atoms with Gasteiger partial charge in [0.25, 0.3) is 0 Å². The van der Waals surface area contributed by atoms with E-state index in [1.165, 1.54) is 25.8 Å². The summed E-state index contributed by atoms with van der Waals surface area (Å²) < 4.78 is 5.58. The zero-order valence-corrected chi connectivity index (χ0v) is 11.1. The molecule has 0 aliphatic rings. The topological polar surface area (TPSA) is 12.5 Å². The summed E-state index contributed by atoms with van der Waals surface area (Å²) in [5.41, 5.74) is 0. The molecule has 2 nitrogen and oxygen atoms in total. The monoisotopic (exact) mass is 215 g/mol. The highest BCUT2D eigenvalue weighted by molar-refractivity contribution is 4.59. The SMILES string of the molecule is CCCCCOCCCN(CC)C(C)C. The summed E-state index contributed by atoms with van der Waals surface area (Å²) in [4.78, 5) is 2.48. The molecule has 0 N–H and O–H groups in total. The van der Waals surface area contributed by atoms with Gasteiger partial charge in [0.15, 0.2) is 0 Å². The molecule has 0 bridgehead atoms. The molecule has 0 unspecified atom stereocenters. The lowest BCUT2D eigenvalue weighted by Gasteiger charge is -2.24. The Morgan fingerprint density at radius 1 is 1.00 bits per heavy atom. The fraction of sp³-hybridized carbons (Fsp3) is 1.00. The Labute approximate surface area is 96.0 Å². The van der Waals surface area contributed by atoms with Crippen LogP contribution in [0.15, 0.2) is 0 Å². The molecule has 15 heavy (non-hydrogen) atoms. The van der Waals surface area contributed by atoms with Gasteiger partial charge in [-0.3, -0.25) is 0 Å². The summed E-state index contributed by atoms with van der Waals surface area (Å²) >= 11 is 0. The Hall–Kier alpha value is -0.0800. The van der Waals surface area contributed by atoms with Crippen LogP contribution in [0.5, 0.6) is 0 Å². The largest absolute Gasteiger partial charge is 0.381 e. The van der Waals surface area contributed by atoms with E-state index in [0.717, 1.165) is 26.2 Å². The minimum atomic E-state index is 0.662. The van der Waals surface area contributed by atoms with E-state index in [-0.39, 0.29) is 0 Å². The van der Waals surface area contributed by atoms with Gasteiger partial charge in [0.1, 0.15) is 0 Å².